The standard InChI is InChI=1S/C24H32N4O6.ClH/c1-31-21-9-5-3-7-19(21)25-23(29)33-17-15-27-11-13-28(14-12-27)16-18-34-24(30)26-20-8-4-6-10-22(20)32-2;/h3-10H,11-18H2,1-2H3,(H,25,29)(H,26,30);1H. The molecule has 1 fully saturated rings. The maximum atomic E-state index is 12.0. The molecule has 0 aliphatic carbocycles. The molecular weight excluding hydrogens is 476 g/mol. The zero-order chi connectivity index (χ0) is 24.2. The lowest BCUT2D eigenvalue weighted by Crippen LogP contribution is -2.48. The first-order valence-electron chi connectivity index (χ1n) is 11.2. The van der Waals surface area contributed by atoms with E-state index < -0.39 is 12.2 Å². The molecule has 11 heteroatoms. The Balaban J connectivity index is 0.00000432. The minimum atomic E-state index is -0.508. The summed E-state index contributed by atoms with van der Waals surface area (Å²) < 4.78 is 21.0. The molecule has 0 radical (unpaired) electrons. The lowest BCUT2D eigenvalue weighted by molar-refractivity contribution is 0.0849. The van der Waals surface area contributed by atoms with E-state index in [0.717, 1.165) is 26.2 Å². The van der Waals surface area contributed by atoms with Gasteiger partial charge in [-0.05, 0) is 24.3 Å². The van der Waals surface area contributed by atoms with Crippen molar-refractivity contribution in [2.24, 2.45) is 0 Å². The largest absolute Gasteiger partial charge is 0.495 e. The minimum absolute atomic E-state index is 0. The van der Waals surface area contributed by atoms with Crippen LogP contribution >= 0.6 is 12.4 Å². The van der Waals surface area contributed by atoms with Crippen molar-refractivity contribution in [3.05, 3.63) is 48.5 Å². The third-order valence-corrected chi connectivity index (χ3v) is 5.43. The molecular formula is C24H33ClN4O6. The van der Waals surface area contributed by atoms with Crippen molar-refractivity contribution in [3.8, 4) is 11.5 Å². The summed E-state index contributed by atoms with van der Waals surface area (Å²) in [4.78, 5) is 28.5. The molecule has 35 heavy (non-hydrogen) atoms. The fourth-order valence-electron chi connectivity index (χ4n) is 3.56. The molecule has 2 amide bonds. The second-order valence-electron chi connectivity index (χ2n) is 7.61. The first-order chi connectivity index (χ1) is 16.6. The van der Waals surface area contributed by atoms with Crippen LogP contribution in [-0.2, 0) is 9.47 Å². The Morgan fingerprint density at radius 1 is 0.714 bits per heavy atom. The van der Waals surface area contributed by atoms with Crippen LogP contribution in [0.4, 0.5) is 21.0 Å². The number of benzene rings is 2. The van der Waals surface area contributed by atoms with Crippen molar-refractivity contribution < 1.29 is 28.5 Å². The van der Waals surface area contributed by atoms with Crippen LogP contribution < -0.4 is 20.1 Å². The highest BCUT2D eigenvalue weighted by Crippen LogP contribution is 2.23. The average molecular weight is 509 g/mol. The highest BCUT2D eigenvalue weighted by molar-refractivity contribution is 5.87. The molecule has 0 bridgehead atoms. The van der Waals surface area contributed by atoms with Gasteiger partial charge in [0.05, 0.1) is 25.6 Å². The first kappa shape index (κ1) is 28.0. The molecule has 1 heterocycles. The monoisotopic (exact) mass is 508 g/mol. The second kappa shape index (κ2) is 14.9. The molecule has 1 aliphatic heterocycles. The van der Waals surface area contributed by atoms with E-state index in [0.29, 0.717) is 49.2 Å². The molecule has 10 nitrogen and oxygen atoms in total. The molecule has 1 aliphatic rings. The quantitative estimate of drug-likeness (QED) is 0.502. The van der Waals surface area contributed by atoms with Crippen LogP contribution in [0.15, 0.2) is 48.5 Å². The van der Waals surface area contributed by atoms with Gasteiger partial charge in [-0.3, -0.25) is 20.4 Å². The maximum Gasteiger partial charge on any atom is 0.411 e. The number of carbonyl (C=O) groups is 2. The van der Waals surface area contributed by atoms with Gasteiger partial charge in [-0.2, -0.15) is 0 Å². The first-order valence-corrected chi connectivity index (χ1v) is 11.2. The van der Waals surface area contributed by atoms with Gasteiger partial charge in [-0.1, -0.05) is 24.3 Å². The zero-order valence-corrected chi connectivity index (χ0v) is 20.8. The summed E-state index contributed by atoms with van der Waals surface area (Å²) in [6.07, 6.45) is -1.02. The topological polar surface area (TPSA) is 102 Å². The summed E-state index contributed by atoms with van der Waals surface area (Å²) in [5, 5.41) is 5.39. The highest BCUT2D eigenvalue weighted by Gasteiger charge is 2.18. The van der Waals surface area contributed by atoms with Crippen LogP contribution in [0.3, 0.4) is 0 Å². The van der Waals surface area contributed by atoms with E-state index in [1.54, 1.807) is 38.5 Å². The number of hydrogen-bond donors (Lipinski definition) is 2. The van der Waals surface area contributed by atoms with Gasteiger partial charge in [0.15, 0.2) is 0 Å². The predicted octanol–water partition coefficient (Wildman–Crippen LogP) is 3.54. The Kier molecular flexibility index (Phi) is 12.0. The average Bonchev–Trinajstić information content (AvgIpc) is 2.85. The number of nitrogens with one attached hydrogen (secondary N) is 2. The molecule has 2 N–H and O–H groups in total. The third-order valence-electron chi connectivity index (χ3n) is 5.43. The Bertz CT molecular complexity index is 864. The number of para-hydroxylation sites is 4. The summed E-state index contributed by atoms with van der Waals surface area (Å²) in [5.41, 5.74) is 1.14. The van der Waals surface area contributed by atoms with Crippen molar-refractivity contribution >= 4 is 36.0 Å². The fourth-order valence-corrected chi connectivity index (χ4v) is 3.56. The van der Waals surface area contributed by atoms with E-state index in [4.69, 9.17) is 18.9 Å². The molecule has 192 valence electrons. The normalized spacial score (nSPS) is 13.8. The third kappa shape index (κ3) is 9.16. The summed E-state index contributed by atoms with van der Waals surface area (Å²) in [6.45, 7) is 5.32. The Hall–Kier alpha value is -3.21. The van der Waals surface area contributed by atoms with E-state index in [9.17, 15) is 9.59 Å². The predicted molar refractivity (Wildman–Crippen MR) is 136 cm³/mol. The van der Waals surface area contributed by atoms with Crippen molar-refractivity contribution in [1.29, 1.82) is 0 Å². The van der Waals surface area contributed by atoms with E-state index in [2.05, 4.69) is 20.4 Å². The Morgan fingerprint density at radius 3 is 1.46 bits per heavy atom. The van der Waals surface area contributed by atoms with Gasteiger partial charge >= 0.3 is 12.2 Å². The Morgan fingerprint density at radius 2 is 1.09 bits per heavy atom. The van der Waals surface area contributed by atoms with E-state index in [1.807, 2.05) is 24.3 Å². The van der Waals surface area contributed by atoms with Gasteiger partial charge in [0, 0.05) is 39.3 Å². The number of halogens is 1. The molecule has 3 rings (SSSR count). The number of amides is 2. The molecule has 2 aromatic carbocycles. The van der Waals surface area contributed by atoms with Gasteiger partial charge in [0.25, 0.3) is 0 Å². The van der Waals surface area contributed by atoms with Crippen LogP contribution in [0.1, 0.15) is 0 Å². The number of methoxy groups -OCH3 is 2. The van der Waals surface area contributed by atoms with E-state index >= 15 is 0 Å². The molecule has 0 unspecified atom stereocenters. The lowest BCUT2D eigenvalue weighted by atomic mass is 10.3. The Labute approximate surface area is 211 Å². The minimum Gasteiger partial charge on any atom is -0.495 e. The van der Waals surface area contributed by atoms with Crippen molar-refractivity contribution in [2.45, 2.75) is 0 Å². The summed E-state index contributed by atoms with van der Waals surface area (Å²) in [6, 6.07) is 14.3. The van der Waals surface area contributed by atoms with Crippen LogP contribution in [-0.4, -0.2) is 88.7 Å². The molecule has 0 aromatic heterocycles. The summed E-state index contributed by atoms with van der Waals surface area (Å²) in [7, 11) is 3.10. The number of carbonyl (C=O) groups excluding carboxylic acids is 2. The number of hydrogen-bond acceptors (Lipinski definition) is 8. The number of rotatable bonds is 10. The number of ether oxygens (including phenoxy) is 4. The zero-order valence-electron chi connectivity index (χ0n) is 20.0. The molecule has 0 spiro atoms. The highest BCUT2D eigenvalue weighted by atomic mass is 35.5. The van der Waals surface area contributed by atoms with Crippen molar-refractivity contribution in [2.75, 3.05) is 77.3 Å². The van der Waals surface area contributed by atoms with Gasteiger partial charge in [0.2, 0.25) is 0 Å². The van der Waals surface area contributed by atoms with E-state index in [1.165, 1.54) is 0 Å². The summed E-state index contributed by atoms with van der Waals surface area (Å²) >= 11 is 0. The van der Waals surface area contributed by atoms with E-state index in [-0.39, 0.29) is 12.4 Å². The summed E-state index contributed by atoms with van der Waals surface area (Å²) in [5.74, 6) is 1.16. The fraction of sp³-hybridized carbons (Fsp3) is 0.417. The van der Waals surface area contributed by atoms with Crippen LogP contribution in [0.5, 0.6) is 11.5 Å². The molecule has 0 atom stereocenters. The van der Waals surface area contributed by atoms with Gasteiger partial charge in [-0.25, -0.2) is 9.59 Å². The molecule has 2 aromatic rings. The maximum absolute atomic E-state index is 12.0. The lowest BCUT2D eigenvalue weighted by Gasteiger charge is -2.34. The number of anilines is 2. The van der Waals surface area contributed by atoms with Crippen LogP contribution in [0.2, 0.25) is 0 Å². The van der Waals surface area contributed by atoms with Crippen LogP contribution in [0, 0.1) is 0 Å². The van der Waals surface area contributed by atoms with Crippen molar-refractivity contribution in [3.63, 3.8) is 0 Å². The van der Waals surface area contributed by atoms with Gasteiger partial charge in [-0.15, -0.1) is 12.4 Å². The van der Waals surface area contributed by atoms with Crippen molar-refractivity contribution in [1.82, 2.24) is 9.80 Å². The second-order valence-corrected chi connectivity index (χ2v) is 7.61. The molecule has 1 saturated heterocycles. The van der Waals surface area contributed by atoms with Gasteiger partial charge in [0.1, 0.15) is 24.7 Å². The SMILES string of the molecule is COc1ccccc1NC(=O)OCCN1CCN(CCOC(=O)Nc2ccccc2OC)CC1.Cl. The smallest absolute Gasteiger partial charge is 0.411 e. The molecule has 0 saturated carbocycles. The number of piperazine rings is 1. The van der Waals surface area contributed by atoms with Crippen LogP contribution in [0.25, 0.3) is 0 Å². The number of nitrogens with zero attached hydrogens (tertiary/aromatic N) is 2. The van der Waals surface area contributed by atoms with Gasteiger partial charge < -0.3 is 18.9 Å².